The molecule has 32 heavy (non-hydrogen) atoms. The zero-order chi connectivity index (χ0) is 23.5. The number of nitrogens with zero attached hydrogens (tertiary/aromatic N) is 2. The number of sulfonamides is 2. The van der Waals surface area contributed by atoms with E-state index in [1.165, 1.54) is 26.1 Å². The molecule has 3 rings (SSSR count). The summed E-state index contributed by atoms with van der Waals surface area (Å²) >= 11 is 0. The van der Waals surface area contributed by atoms with Gasteiger partial charge < -0.3 is 14.8 Å². The van der Waals surface area contributed by atoms with E-state index < -0.39 is 32.5 Å². The summed E-state index contributed by atoms with van der Waals surface area (Å²) in [7, 11) is -5.86. The van der Waals surface area contributed by atoms with E-state index in [9.17, 15) is 21.6 Å². The van der Waals surface area contributed by atoms with Gasteiger partial charge in [-0.15, -0.1) is 0 Å². The molecular weight excluding hydrogens is 458 g/mol. The third kappa shape index (κ3) is 5.43. The second kappa shape index (κ2) is 9.25. The molecule has 10 nitrogen and oxygen atoms in total. The molecule has 0 saturated heterocycles. The molecule has 0 radical (unpaired) electrons. The number of hydrogen-bond donors (Lipinski definition) is 1. The number of ether oxygens (including phenoxy) is 2. The summed E-state index contributed by atoms with van der Waals surface area (Å²) in [5.74, 6) is 0.117. The van der Waals surface area contributed by atoms with E-state index in [0.717, 1.165) is 14.9 Å². The Balaban J connectivity index is 1.83. The zero-order valence-electron chi connectivity index (χ0n) is 17.9. The van der Waals surface area contributed by atoms with Gasteiger partial charge >= 0.3 is 0 Å². The predicted octanol–water partition coefficient (Wildman–Crippen LogP) is 1.65. The lowest BCUT2D eigenvalue weighted by Gasteiger charge is -2.25. The maximum absolute atomic E-state index is 12.7. The standard InChI is InChI=1S/C20H25N3O7S2/c1-4-32(27,28)23(17-8-9-18-19(13-17)30-11-10-29-18)14-20(24)21-15-6-5-7-16(12-15)22(2)31(3,25)26/h5-9,12-13H,4,10-11,14H2,1-3H3,(H,21,24). The van der Waals surface area contributed by atoms with Crippen LogP contribution in [0, 0.1) is 0 Å². The molecule has 1 aliphatic heterocycles. The number of carbonyl (C=O) groups is 1. The number of nitrogens with one attached hydrogen (secondary N) is 1. The molecule has 0 atom stereocenters. The first-order valence-corrected chi connectivity index (χ1v) is 13.2. The smallest absolute Gasteiger partial charge is 0.245 e. The first-order valence-electron chi connectivity index (χ1n) is 9.75. The summed E-state index contributed by atoms with van der Waals surface area (Å²) in [5.41, 5.74) is 0.964. The average Bonchev–Trinajstić information content (AvgIpc) is 2.76. The van der Waals surface area contributed by atoms with Gasteiger partial charge in [0.15, 0.2) is 11.5 Å². The zero-order valence-corrected chi connectivity index (χ0v) is 19.6. The van der Waals surface area contributed by atoms with Gasteiger partial charge in [0, 0.05) is 18.8 Å². The Kier molecular flexibility index (Phi) is 6.84. The molecule has 0 aliphatic carbocycles. The van der Waals surface area contributed by atoms with Gasteiger partial charge in [-0.25, -0.2) is 16.8 Å². The molecule has 1 heterocycles. The van der Waals surface area contributed by atoms with Crippen molar-refractivity contribution in [3.63, 3.8) is 0 Å². The van der Waals surface area contributed by atoms with Gasteiger partial charge in [-0.2, -0.15) is 0 Å². The normalized spacial score (nSPS) is 13.3. The molecular formula is C20H25N3O7S2. The summed E-state index contributed by atoms with van der Waals surface area (Å²) in [6, 6.07) is 10.9. The third-order valence-electron chi connectivity index (χ3n) is 4.79. The van der Waals surface area contributed by atoms with Gasteiger partial charge in [0.2, 0.25) is 26.0 Å². The lowest BCUT2D eigenvalue weighted by atomic mass is 10.2. The van der Waals surface area contributed by atoms with E-state index in [2.05, 4.69) is 5.32 Å². The molecule has 0 fully saturated rings. The minimum absolute atomic E-state index is 0.205. The minimum Gasteiger partial charge on any atom is -0.486 e. The molecule has 174 valence electrons. The van der Waals surface area contributed by atoms with Gasteiger partial charge in [-0.3, -0.25) is 13.4 Å². The number of rotatable bonds is 8. The van der Waals surface area contributed by atoms with Crippen LogP contribution in [0.4, 0.5) is 17.1 Å². The van der Waals surface area contributed by atoms with Crippen LogP contribution in [0.2, 0.25) is 0 Å². The first kappa shape index (κ1) is 23.7. The second-order valence-corrected chi connectivity index (χ2v) is 11.3. The maximum atomic E-state index is 12.7. The lowest BCUT2D eigenvalue weighted by molar-refractivity contribution is -0.114. The number of hydrogen-bond acceptors (Lipinski definition) is 7. The van der Waals surface area contributed by atoms with Crippen LogP contribution in [-0.4, -0.2) is 61.6 Å². The van der Waals surface area contributed by atoms with Crippen molar-refractivity contribution >= 4 is 43.0 Å². The fraction of sp³-hybridized carbons (Fsp3) is 0.350. The Morgan fingerprint density at radius 1 is 1.00 bits per heavy atom. The van der Waals surface area contributed by atoms with Crippen LogP contribution in [0.5, 0.6) is 11.5 Å². The number of fused-ring (bicyclic) bond motifs is 1. The quantitative estimate of drug-likeness (QED) is 0.606. The van der Waals surface area contributed by atoms with Gasteiger partial charge in [-0.1, -0.05) is 6.07 Å². The lowest BCUT2D eigenvalue weighted by Crippen LogP contribution is -2.39. The van der Waals surface area contributed by atoms with Crippen molar-refractivity contribution in [2.45, 2.75) is 6.92 Å². The summed E-state index contributed by atoms with van der Waals surface area (Å²) < 4.78 is 62.0. The molecule has 0 aromatic heterocycles. The molecule has 0 unspecified atom stereocenters. The monoisotopic (exact) mass is 483 g/mol. The Morgan fingerprint density at radius 2 is 1.69 bits per heavy atom. The Labute approximate surface area is 187 Å². The highest BCUT2D eigenvalue weighted by Gasteiger charge is 2.25. The van der Waals surface area contributed by atoms with Crippen LogP contribution in [0.1, 0.15) is 6.92 Å². The van der Waals surface area contributed by atoms with Crippen LogP contribution in [0.25, 0.3) is 0 Å². The molecule has 0 spiro atoms. The summed E-state index contributed by atoms with van der Waals surface area (Å²) in [4.78, 5) is 12.7. The number of amides is 1. The van der Waals surface area contributed by atoms with Crippen LogP contribution in [0.3, 0.4) is 0 Å². The van der Waals surface area contributed by atoms with Crippen LogP contribution < -0.4 is 23.4 Å². The fourth-order valence-corrected chi connectivity index (χ4v) is 4.55. The SMILES string of the molecule is CCS(=O)(=O)N(CC(=O)Nc1cccc(N(C)S(C)(=O)=O)c1)c1ccc2c(c1)OCCO2. The van der Waals surface area contributed by atoms with E-state index in [-0.39, 0.29) is 11.4 Å². The largest absolute Gasteiger partial charge is 0.486 e. The Hall–Kier alpha value is -2.99. The van der Waals surface area contributed by atoms with Gasteiger partial charge in [0.25, 0.3) is 0 Å². The van der Waals surface area contributed by atoms with Crippen molar-refractivity contribution < 1.29 is 31.1 Å². The van der Waals surface area contributed by atoms with E-state index in [1.807, 2.05) is 0 Å². The highest BCUT2D eigenvalue weighted by molar-refractivity contribution is 7.92. The Bertz CT molecular complexity index is 1210. The first-order chi connectivity index (χ1) is 15.0. The highest BCUT2D eigenvalue weighted by Crippen LogP contribution is 2.35. The average molecular weight is 484 g/mol. The Morgan fingerprint density at radius 3 is 2.34 bits per heavy atom. The van der Waals surface area contributed by atoms with Crippen molar-refractivity contribution in [3.05, 3.63) is 42.5 Å². The molecule has 1 aliphatic rings. The molecule has 12 heteroatoms. The molecule has 2 aromatic carbocycles. The van der Waals surface area contributed by atoms with Crippen molar-refractivity contribution in [2.24, 2.45) is 0 Å². The van der Waals surface area contributed by atoms with Crippen LogP contribution in [-0.2, 0) is 24.8 Å². The predicted molar refractivity (Wildman–Crippen MR) is 123 cm³/mol. The van der Waals surface area contributed by atoms with Crippen LogP contribution in [0.15, 0.2) is 42.5 Å². The number of carbonyl (C=O) groups excluding carboxylic acids is 1. The van der Waals surface area contributed by atoms with Gasteiger partial charge in [0.1, 0.15) is 19.8 Å². The number of benzene rings is 2. The maximum Gasteiger partial charge on any atom is 0.245 e. The van der Waals surface area contributed by atoms with Crippen molar-refractivity contribution in [2.75, 3.05) is 52.7 Å². The molecule has 2 aromatic rings. The molecule has 0 bridgehead atoms. The number of anilines is 3. The molecule has 0 saturated carbocycles. The summed E-state index contributed by atoms with van der Waals surface area (Å²) in [5, 5.41) is 2.62. The van der Waals surface area contributed by atoms with E-state index >= 15 is 0 Å². The molecule has 1 N–H and O–H groups in total. The van der Waals surface area contributed by atoms with Crippen molar-refractivity contribution in [1.82, 2.24) is 0 Å². The van der Waals surface area contributed by atoms with E-state index in [4.69, 9.17) is 9.47 Å². The van der Waals surface area contributed by atoms with Gasteiger partial charge in [-0.05, 0) is 37.3 Å². The van der Waals surface area contributed by atoms with Crippen LogP contribution >= 0.6 is 0 Å². The molecule has 1 amide bonds. The second-order valence-electron chi connectivity index (χ2n) is 7.06. The van der Waals surface area contributed by atoms with E-state index in [1.54, 1.807) is 30.3 Å². The topological polar surface area (TPSA) is 122 Å². The van der Waals surface area contributed by atoms with Crippen molar-refractivity contribution in [3.8, 4) is 11.5 Å². The fourth-order valence-electron chi connectivity index (χ4n) is 3.00. The highest BCUT2D eigenvalue weighted by atomic mass is 32.2. The minimum atomic E-state index is -3.78. The van der Waals surface area contributed by atoms with Crippen molar-refractivity contribution in [1.29, 1.82) is 0 Å². The van der Waals surface area contributed by atoms with E-state index in [0.29, 0.717) is 36.1 Å². The summed E-state index contributed by atoms with van der Waals surface area (Å²) in [6.07, 6.45) is 1.07. The third-order valence-corrected chi connectivity index (χ3v) is 7.74. The van der Waals surface area contributed by atoms with Gasteiger partial charge in [0.05, 0.1) is 23.4 Å². The summed E-state index contributed by atoms with van der Waals surface area (Å²) in [6.45, 7) is 1.76.